The van der Waals surface area contributed by atoms with E-state index in [-0.39, 0.29) is 34.6 Å². The number of alkyl halides is 3. The zero-order valence-electron chi connectivity index (χ0n) is 15.2. The second kappa shape index (κ2) is 8.69. The number of nitrogens with one attached hydrogen (secondary N) is 1. The van der Waals surface area contributed by atoms with Crippen molar-refractivity contribution in [2.75, 3.05) is 13.1 Å². The molecule has 0 aromatic heterocycles. The molecule has 0 radical (unpaired) electrons. The van der Waals surface area contributed by atoms with Crippen molar-refractivity contribution < 1.29 is 40.2 Å². The molecule has 31 heavy (non-hydrogen) atoms. The van der Waals surface area contributed by atoms with Crippen LogP contribution in [-0.4, -0.2) is 38.1 Å². The van der Waals surface area contributed by atoms with Gasteiger partial charge in [0.15, 0.2) is 5.75 Å². The van der Waals surface area contributed by atoms with Crippen molar-refractivity contribution in [2.45, 2.75) is 12.8 Å². The first kappa shape index (κ1) is 23.4. The van der Waals surface area contributed by atoms with Crippen LogP contribution >= 0.6 is 23.2 Å². The fourth-order valence-electron chi connectivity index (χ4n) is 2.42. The van der Waals surface area contributed by atoms with Gasteiger partial charge in [-0.3, -0.25) is 4.79 Å². The Labute approximate surface area is 183 Å². The molecule has 7 nitrogen and oxygen atoms in total. The number of rotatable bonds is 6. The van der Waals surface area contributed by atoms with Crippen molar-refractivity contribution in [2.24, 2.45) is 0 Å². The maximum absolute atomic E-state index is 14.4. The van der Waals surface area contributed by atoms with Crippen LogP contribution < -0.4 is 14.2 Å². The molecule has 1 N–H and O–H groups in total. The monoisotopic (exact) mass is 502 g/mol. The molecule has 14 heteroatoms. The van der Waals surface area contributed by atoms with Gasteiger partial charge in [0.1, 0.15) is 17.3 Å². The Morgan fingerprint density at radius 3 is 2.32 bits per heavy atom. The molecule has 0 bridgehead atoms. The van der Waals surface area contributed by atoms with Crippen LogP contribution in [0.25, 0.3) is 0 Å². The first-order valence-corrected chi connectivity index (χ1v) is 10.6. The van der Waals surface area contributed by atoms with E-state index in [0.717, 1.165) is 22.5 Å². The van der Waals surface area contributed by atoms with E-state index >= 15 is 0 Å². The zero-order chi connectivity index (χ0) is 23.0. The molecule has 1 aliphatic rings. The van der Waals surface area contributed by atoms with Crippen molar-refractivity contribution in [3.05, 3.63) is 51.8 Å². The van der Waals surface area contributed by atoms with Gasteiger partial charge >= 0.3 is 16.6 Å². The fourth-order valence-corrected chi connectivity index (χ4v) is 3.99. The molecular weight excluding hydrogens is 491 g/mol. The molecule has 2 aromatic carbocycles. The van der Waals surface area contributed by atoms with Crippen LogP contribution in [0.1, 0.15) is 16.8 Å². The molecular formula is C17H12Cl2F4N2O5S. The molecule has 0 unspecified atom stereocenters. The number of ether oxygens (including phenoxy) is 2. The van der Waals surface area contributed by atoms with Gasteiger partial charge in [-0.1, -0.05) is 23.2 Å². The largest absolute Gasteiger partial charge is 0.573 e. The van der Waals surface area contributed by atoms with E-state index in [1.54, 1.807) is 4.72 Å². The minimum absolute atomic E-state index is 0.220. The van der Waals surface area contributed by atoms with Crippen LogP contribution in [-0.2, 0) is 10.2 Å². The average molecular weight is 503 g/mol. The highest BCUT2D eigenvalue weighted by Crippen LogP contribution is 2.37. The zero-order valence-corrected chi connectivity index (χ0v) is 17.5. The van der Waals surface area contributed by atoms with Crippen LogP contribution in [0.15, 0.2) is 30.3 Å². The lowest BCUT2D eigenvalue weighted by Gasteiger charge is -2.29. The topological polar surface area (TPSA) is 84.9 Å². The molecule has 1 amide bonds. The molecule has 0 spiro atoms. The number of carbonyl (C=O) groups is 1. The standard InChI is InChI=1S/C17H12Cl2F4N2O5S/c18-11-3-2-9(6-15(11)30-17(21,22)23)29-14-8-13(20)10(7-12(14)19)16(26)24-31(27,28)25-4-1-5-25/h2-3,6-8H,1,4-5H2,(H,24,26). The van der Waals surface area contributed by atoms with Crippen molar-refractivity contribution in [1.29, 1.82) is 0 Å². The highest BCUT2D eigenvalue weighted by Gasteiger charge is 2.32. The highest BCUT2D eigenvalue weighted by molar-refractivity contribution is 7.87. The first-order chi connectivity index (χ1) is 14.4. The molecule has 0 saturated carbocycles. The molecule has 3 rings (SSSR count). The van der Waals surface area contributed by atoms with Gasteiger partial charge in [0, 0.05) is 25.2 Å². The molecule has 2 aromatic rings. The third-order valence-corrected chi connectivity index (χ3v) is 6.09. The number of amides is 1. The normalized spacial score (nSPS) is 14.6. The molecule has 168 valence electrons. The van der Waals surface area contributed by atoms with Gasteiger partial charge in [0.05, 0.1) is 15.6 Å². The predicted octanol–water partition coefficient (Wildman–Crippen LogP) is 4.50. The quantitative estimate of drug-likeness (QED) is 0.587. The molecule has 0 aliphatic carbocycles. The summed E-state index contributed by atoms with van der Waals surface area (Å²) in [5.74, 6) is -3.73. The van der Waals surface area contributed by atoms with Crippen molar-refractivity contribution in [3.8, 4) is 17.2 Å². The number of halogens is 6. The minimum Gasteiger partial charge on any atom is -0.456 e. The minimum atomic E-state index is -5.00. The van der Waals surface area contributed by atoms with Crippen LogP contribution in [0.3, 0.4) is 0 Å². The predicted molar refractivity (Wildman–Crippen MR) is 102 cm³/mol. The summed E-state index contributed by atoms with van der Waals surface area (Å²) in [6, 6.07) is 4.57. The van der Waals surface area contributed by atoms with Gasteiger partial charge < -0.3 is 9.47 Å². The molecule has 1 fully saturated rings. The van der Waals surface area contributed by atoms with E-state index in [2.05, 4.69) is 4.74 Å². The molecule has 1 heterocycles. The number of carbonyl (C=O) groups excluding carboxylic acids is 1. The summed E-state index contributed by atoms with van der Waals surface area (Å²) in [5.41, 5.74) is -0.668. The summed E-state index contributed by atoms with van der Waals surface area (Å²) < 4.78 is 87.4. The third kappa shape index (κ3) is 5.70. The lowest BCUT2D eigenvalue weighted by molar-refractivity contribution is -0.274. The maximum atomic E-state index is 14.4. The molecule has 1 saturated heterocycles. The summed E-state index contributed by atoms with van der Waals surface area (Å²) in [5, 5.41) is -0.654. The first-order valence-electron chi connectivity index (χ1n) is 8.40. The van der Waals surface area contributed by atoms with E-state index in [4.69, 9.17) is 27.9 Å². The Balaban J connectivity index is 1.81. The van der Waals surface area contributed by atoms with Crippen LogP contribution in [0.4, 0.5) is 17.6 Å². The number of benzene rings is 2. The fraction of sp³-hybridized carbons (Fsp3) is 0.235. The molecule has 0 atom stereocenters. The maximum Gasteiger partial charge on any atom is 0.573 e. The summed E-state index contributed by atoms with van der Waals surface area (Å²) in [6.45, 7) is 0.472. The summed E-state index contributed by atoms with van der Waals surface area (Å²) in [6.07, 6.45) is -4.36. The van der Waals surface area contributed by atoms with Gasteiger partial charge in [-0.25, -0.2) is 9.11 Å². The Hall–Kier alpha value is -2.28. The van der Waals surface area contributed by atoms with Crippen LogP contribution in [0.5, 0.6) is 17.2 Å². The van der Waals surface area contributed by atoms with Crippen LogP contribution in [0.2, 0.25) is 10.0 Å². The van der Waals surface area contributed by atoms with Gasteiger partial charge in [-0.2, -0.15) is 12.7 Å². The summed E-state index contributed by atoms with van der Waals surface area (Å²) >= 11 is 11.6. The summed E-state index contributed by atoms with van der Waals surface area (Å²) in [4.78, 5) is 12.2. The molecule has 1 aliphatic heterocycles. The Kier molecular flexibility index (Phi) is 6.56. The van der Waals surface area contributed by atoms with E-state index in [1.807, 2.05) is 0 Å². The van der Waals surface area contributed by atoms with E-state index < -0.39 is 39.6 Å². The lowest BCUT2D eigenvalue weighted by atomic mass is 10.2. The smallest absolute Gasteiger partial charge is 0.456 e. The van der Waals surface area contributed by atoms with Gasteiger partial charge in [0.2, 0.25) is 0 Å². The second-order valence-corrected chi connectivity index (χ2v) is 8.68. The van der Waals surface area contributed by atoms with Crippen molar-refractivity contribution >= 4 is 39.3 Å². The second-order valence-electron chi connectivity index (χ2n) is 6.19. The number of hydrogen-bond donors (Lipinski definition) is 1. The van der Waals surface area contributed by atoms with E-state index in [1.165, 1.54) is 6.07 Å². The van der Waals surface area contributed by atoms with Crippen molar-refractivity contribution in [3.63, 3.8) is 0 Å². The Bertz CT molecular complexity index is 1120. The summed E-state index contributed by atoms with van der Waals surface area (Å²) in [7, 11) is -4.11. The number of nitrogens with zero attached hydrogens (tertiary/aromatic N) is 1. The van der Waals surface area contributed by atoms with Gasteiger partial charge in [0.25, 0.3) is 5.91 Å². The third-order valence-electron chi connectivity index (χ3n) is 4.00. The van der Waals surface area contributed by atoms with Gasteiger partial charge in [-0.05, 0) is 24.6 Å². The average Bonchev–Trinajstić information content (AvgIpc) is 2.57. The van der Waals surface area contributed by atoms with E-state index in [0.29, 0.717) is 12.5 Å². The van der Waals surface area contributed by atoms with Gasteiger partial charge in [-0.15, -0.1) is 13.2 Å². The van der Waals surface area contributed by atoms with E-state index in [9.17, 15) is 30.8 Å². The SMILES string of the molecule is O=C(NS(=O)(=O)N1CCC1)c1cc(Cl)c(Oc2ccc(Cl)c(OC(F)(F)F)c2)cc1F. The number of hydrogen-bond acceptors (Lipinski definition) is 5. The highest BCUT2D eigenvalue weighted by atomic mass is 35.5. The van der Waals surface area contributed by atoms with Crippen molar-refractivity contribution in [1.82, 2.24) is 9.03 Å². The Morgan fingerprint density at radius 2 is 1.74 bits per heavy atom. The Morgan fingerprint density at radius 1 is 1.06 bits per heavy atom. The lowest BCUT2D eigenvalue weighted by Crippen LogP contribution is -2.49. The van der Waals surface area contributed by atoms with Crippen LogP contribution in [0, 0.1) is 5.82 Å².